The smallest absolute Gasteiger partial charge is 0.406 e. The minimum absolute atomic E-state index is 0.0942. The van der Waals surface area contributed by atoms with Gasteiger partial charge in [-0.3, -0.25) is 4.79 Å². The average Bonchev–Trinajstić information content (AvgIpc) is 2.48. The monoisotopic (exact) mass is 315 g/mol. The molecule has 0 saturated heterocycles. The van der Waals surface area contributed by atoms with Gasteiger partial charge in [-0.25, -0.2) is 0 Å². The van der Waals surface area contributed by atoms with Gasteiger partial charge in [-0.1, -0.05) is 31.4 Å². The fourth-order valence-corrected chi connectivity index (χ4v) is 2.70. The molecule has 122 valence electrons. The zero-order valence-electron chi connectivity index (χ0n) is 12.3. The molecule has 0 spiro atoms. The highest BCUT2D eigenvalue weighted by Gasteiger charge is 2.30. The molecule has 2 rings (SSSR count). The number of rotatable bonds is 5. The number of ether oxygens (including phenoxy) is 1. The van der Waals surface area contributed by atoms with Gasteiger partial charge >= 0.3 is 6.36 Å². The van der Waals surface area contributed by atoms with Gasteiger partial charge in [-0.2, -0.15) is 0 Å². The van der Waals surface area contributed by atoms with Gasteiger partial charge in [0.25, 0.3) is 0 Å². The predicted octanol–water partition coefficient (Wildman–Crippen LogP) is 3.82. The Labute approximate surface area is 127 Å². The summed E-state index contributed by atoms with van der Waals surface area (Å²) in [5, 5.41) is 2.90. The molecular formula is C16H20F3NO2. The van der Waals surface area contributed by atoms with Crippen molar-refractivity contribution >= 4 is 5.91 Å². The second-order valence-corrected chi connectivity index (χ2v) is 5.57. The van der Waals surface area contributed by atoms with E-state index in [0.29, 0.717) is 13.0 Å². The molecule has 0 heterocycles. The summed E-state index contributed by atoms with van der Waals surface area (Å²) in [6.07, 6.45) is 1.25. The third-order valence-electron chi connectivity index (χ3n) is 3.85. The molecule has 0 aliphatic heterocycles. The molecule has 22 heavy (non-hydrogen) atoms. The molecule has 0 radical (unpaired) electrons. The number of carbonyl (C=O) groups excluding carboxylic acids is 1. The number of alkyl halides is 3. The van der Waals surface area contributed by atoms with Crippen molar-refractivity contribution in [1.82, 2.24) is 5.32 Å². The van der Waals surface area contributed by atoms with E-state index in [1.165, 1.54) is 18.6 Å². The number of carbonyl (C=O) groups is 1. The lowest BCUT2D eigenvalue weighted by atomic mass is 9.88. The van der Waals surface area contributed by atoms with Gasteiger partial charge in [0, 0.05) is 12.5 Å². The van der Waals surface area contributed by atoms with Crippen molar-refractivity contribution in [2.75, 3.05) is 6.54 Å². The van der Waals surface area contributed by atoms with Crippen LogP contribution in [0.2, 0.25) is 0 Å². The van der Waals surface area contributed by atoms with E-state index in [-0.39, 0.29) is 17.6 Å². The molecule has 3 nitrogen and oxygen atoms in total. The first kappa shape index (κ1) is 16.6. The Morgan fingerprint density at radius 3 is 2.36 bits per heavy atom. The molecule has 1 aliphatic carbocycles. The summed E-state index contributed by atoms with van der Waals surface area (Å²) in [7, 11) is 0. The van der Waals surface area contributed by atoms with E-state index < -0.39 is 6.36 Å². The van der Waals surface area contributed by atoms with E-state index >= 15 is 0 Å². The molecule has 6 heteroatoms. The highest BCUT2D eigenvalue weighted by molar-refractivity contribution is 5.78. The number of hydrogen-bond acceptors (Lipinski definition) is 2. The van der Waals surface area contributed by atoms with Crippen molar-refractivity contribution in [3.05, 3.63) is 29.8 Å². The highest BCUT2D eigenvalue weighted by Crippen LogP contribution is 2.24. The summed E-state index contributed by atoms with van der Waals surface area (Å²) in [4.78, 5) is 11.9. The molecule has 1 fully saturated rings. The molecule has 0 bridgehead atoms. The Bertz CT molecular complexity index is 479. The van der Waals surface area contributed by atoms with Crippen LogP contribution in [0.5, 0.6) is 5.75 Å². The van der Waals surface area contributed by atoms with Gasteiger partial charge < -0.3 is 10.1 Å². The summed E-state index contributed by atoms with van der Waals surface area (Å²) >= 11 is 0. The van der Waals surface area contributed by atoms with Crippen LogP contribution in [0.15, 0.2) is 24.3 Å². The average molecular weight is 315 g/mol. The second kappa shape index (κ2) is 7.51. The summed E-state index contributed by atoms with van der Waals surface area (Å²) < 4.78 is 39.9. The normalized spacial score (nSPS) is 16.3. The van der Waals surface area contributed by atoms with E-state index in [1.807, 2.05) is 0 Å². The van der Waals surface area contributed by atoms with Crippen LogP contribution in [0, 0.1) is 5.92 Å². The van der Waals surface area contributed by atoms with Crippen LogP contribution in [-0.2, 0) is 11.2 Å². The van der Waals surface area contributed by atoms with E-state index in [4.69, 9.17) is 0 Å². The van der Waals surface area contributed by atoms with Crippen LogP contribution in [0.1, 0.15) is 37.7 Å². The lowest BCUT2D eigenvalue weighted by Crippen LogP contribution is -2.33. The molecule has 1 saturated carbocycles. The fraction of sp³-hybridized carbons (Fsp3) is 0.562. The first-order chi connectivity index (χ1) is 10.4. The molecular weight excluding hydrogens is 295 g/mol. The summed E-state index contributed by atoms with van der Waals surface area (Å²) in [6.45, 7) is 0.495. The first-order valence-electron chi connectivity index (χ1n) is 7.56. The van der Waals surface area contributed by atoms with Crippen molar-refractivity contribution in [1.29, 1.82) is 0 Å². The highest BCUT2D eigenvalue weighted by atomic mass is 19.4. The Kier molecular flexibility index (Phi) is 5.69. The third kappa shape index (κ3) is 5.58. The van der Waals surface area contributed by atoms with Crippen LogP contribution in [-0.4, -0.2) is 18.8 Å². The zero-order chi connectivity index (χ0) is 16.0. The molecule has 0 aromatic heterocycles. The van der Waals surface area contributed by atoms with Crippen LogP contribution in [0.25, 0.3) is 0 Å². The topological polar surface area (TPSA) is 38.3 Å². The van der Waals surface area contributed by atoms with E-state index in [0.717, 1.165) is 31.2 Å². The number of hydrogen-bond donors (Lipinski definition) is 1. The van der Waals surface area contributed by atoms with Crippen LogP contribution in [0.4, 0.5) is 13.2 Å². The number of benzene rings is 1. The molecule has 1 aliphatic rings. The number of nitrogens with one attached hydrogen (secondary N) is 1. The third-order valence-corrected chi connectivity index (χ3v) is 3.85. The lowest BCUT2D eigenvalue weighted by molar-refractivity contribution is -0.274. The summed E-state index contributed by atoms with van der Waals surface area (Å²) in [5.41, 5.74) is 0.860. The fourth-order valence-electron chi connectivity index (χ4n) is 2.70. The van der Waals surface area contributed by atoms with Gasteiger partial charge in [0.15, 0.2) is 0 Å². The molecule has 1 amide bonds. The van der Waals surface area contributed by atoms with Gasteiger partial charge in [0.1, 0.15) is 5.75 Å². The summed E-state index contributed by atoms with van der Waals surface area (Å²) in [5.74, 6) is -0.0180. The van der Waals surface area contributed by atoms with Crippen molar-refractivity contribution in [2.45, 2.75) is 44.9 Å². The Morgan fingerprint density at radius 2 is 1.77 bits per heavy atom. The maximum Gasteiger partial charge on any atom is 0.573 e. The Morgan fingerprint density at radius 1 is 1.14 bits per heavy atom. The Hall–Kier alpha value is -1.72. The van der Waals surface area contributed by atoms with E-state index in [1.54, 1.807) is 12.1 Å². The minimum Gasteiger partial charge on any atom is -0.406 e. The minimum atomic E-state index is -4.67. The molecule has 1 N–H and O–H groups in total. The number of amides is 1. The van der Waals surface area contributed by atoms with Gasteiger partial charge in [0.2, 0.25) is 5.91 Å². The molecule has 1 aromatic rings. The van der Waals surface area contributed by atoms with E-state index in [9.17, 15) is 18.0 Å². The van der Waals surface area contributed by atoms with E-state index in [2.05, 4.69) is 10.1 Å². The predicted molar refractivity (Wildman–Crippen MR) is 76.4 cm³/mol. The van der Waals surface area contributed by atoms with Gasteiger partial charge in [-0.05, 0) is 37.0 Å². The second-order valence-electron chi connectivity index (χ2n) is 5.57. The maximum absolute atomic E-state index is 12.0. The van der Waals surface area contributed by atoms with Gasteiger partial charge in [0.05, 0.1) is 0 Å². The maximum atomic E-state index is 12.0. The first-order valence-corrected chi connectivity index (χ1v) is 7.56. The molecule has 1 aromatic carbocycles. The SMILES string of the molecule is O=C(NCCc1ccc(OC(F)(F)F)cc1)C1CCCCC1. The quantitative estimate of drug-likeness (QED) is 0.897. The van der Waals surface area contributed by atoms with Crippen molar-refractivity contribution < 1.29 is 22.7 Å². The van der Waals surface area contributed by atoms with Crippen LogP contribution >= 0.6 is 0 Å². The molecule has 0 unspecified atom stereocenters. The Balaban J connectivity index is 1.73. The molecule has 0 atom stereocenters. The zero-order valence-corrected chi connectivity index (χ0v) is 12.3. The largest absolute Gasteiger partial charge is 0.573 e. The van der Waals surface area contributed by atoms with Crippen molar-refractivity contribution in [2.24, 2.45) is 5.92 Å². The van der Waals surface area contributed by atoms with Crippen molar-refractivity contribution in [3.8, 4) is 5.75 Å². The van der Waals surface area contributed by atoms with Gasteiger partial charge in [-0.15, -0.1) is 13.2 Å². The summed E-state index contributed by atoms with van der Waals surface area (Å²) in [6, 6.07) is 5.72. The van der Waals surface area contributed by atoms with Crippen LogP contribution in [0.3, 0.4) is 0 Å². The van der Waals surface area contributed by atoms with Crippen LogP contribution < -0.4 is 10.1 Å². The number of halogens is 3. The standard InChI is InChI=1S/C16H20F3NO2/c17-16(18,19)22-14-8-6-12(7-9-14)10-11-20-15(21)13-4-2-1-3-5-13/h6-9,13H,1-5,10-11H2,(H,20,21). The van der Waals surface area contributed by atoms with Crippen molar-refractivity contribution in [3.63, 3.8) is 0 Å². The lowest BCUT2D eigenvalue weighted by Gasteiger charge is -2.20.